The van der Waals surface area contributed by atoms with E-state index >= 15 is 0 Å². The Hall–Kier alpha value is -3.52. The molecule has 0 radical (unpaired) electrons. The molecule has 0 amide bonds. The van der Waals surface area contributed by atoms with Crippen LogP contribution in [0, 0.1) is 12.3 Å². The predicted molar refractivity (Wildman–Crippen MR) is 155 cm³/mol. The number of benzene rings is 4. The number of hydrogen-bond donors (Lipinski definition) is 0. The first-order chi connectivity index (χ1) is 17.0. The highest BCUT2D eigenvalue weighted by Crippen LogP contribution is 2.36. The van der Waals surface area contributed by atoms with Gasteiger partial charge in [-0.25, -0.2) is 9.97 Å². The molecule has 0 fully saturated rings. The fraction of sp³-hybridized carbons (Fsp3) is 0.294. The number of rotatable bonds is 3. The van der Waals surface area contributed by atoms with E-state index in [4.69, 9.17) is 9.97 Å². The van der Waals surface area contributed by atoms with Gasteiger partial charge in [0.1, 0.15) is 6.33 Å². The van der Waals surface area contributed by atoms with Crippen molar-refractivity contribution >= 4 is 21.5 Å². The van der Waals surface area contributed by atoms with Gasteiger partial charge < -0.3 is 0 Å². The third kappa shape index (κ3) is 4.91. The molecule has 0 aliphatic heterocycles. The number of fused-ring (bicyclic) bond motifs is 2. The molecule has 0 saturated carbocycles. The van der Waals surface area contributed by atoms with E-state index in [0.29, 0.717) is 0 Å². The van der Waals surface area contributed by atoms with Crippen molar-refractivity contribution in [1.82, 2.24) is 9.97 Å². The SMILES string of the molecule is Cc1cc2cc(CC(C)(C)C)ccc2cc1-c1cc(-c2cc(C(C)(C)C)c3ccccc3c2)ncn1. The summed E-state index contributed by atoms with van der Waals surface area (Å²) in [5, 5.41) is 5.08. The molecular formula is C34H36N2. The quantitative estimate of drug-likeness (QED) is 0.261. The zero-order chi connectivity index (χ0) is 25.7. The summed E-state index contributed by atoms with van der Waals surface area (Å²) >= 11 is 0. The van der Waals surface area contributed by atoms with E-state index in [2.05, 4.69) is 121 Å². The van der Waals surface area contributed by atoms with Crippen molar-refractivity contribution < 1.29 is 0 Å². The first kappa shape index (κ1) is 24.2. The van der Waals surface area contributed by atoms with Gasteiger partial charge in [0.25, 0.3) is 0 Å². The molecule has 2 heteroatoms. The van der Waals surface area contributed by atoms with Crippen LogP contribution in [0.1, 0.15) is 58.2 Å². The highest BCUT2D eigenvalue weighted by molar-refractivity contribution is 5.92. The maximum atomic E-state index is 4.69. The molecule has 2 nitrogen and oxygen atoms in total. The molecule has 0 unspecified atom stereocenters. The van der Waals surface area contributed by atoms with Crippen LogP contribution in [0.2, 0.25) is 0 Å². The smallest absolute Gasteiger partial charge is 0.116 e. The summed E-state index contributed by atoms with van der Waals surface area (Å²) in [7, 11) is 0. The van der Waals surface area contributed by atoms with Gasteiger partial charge in [-0.05, 0) is 86.7 Å². The van der Waals surface area contributed by atoms with E-state index < -0.39 is 0 Å². The maximum absolute atomic E-state index is 4.69. The van der Waals surface area contributed by atoms with E-state index in [-0.39, 0.29) is 10.8 Å². The molecule has 0 saturated heterocycles. The van der Waals surface area contributed by atoms with Crippen molar-refractivity contribution in [3.05, 3.63) is 95.8 Å². The molecule has 0 aliphatic rings. The monoisotopic (exact) mass is 472 g/mol. The third-order valence-electron chi connectivity index (χ3n) is 6.89. The molecule has 5 rings (SSSR count). The first-order valence-corrected chi connectivity index (χ1v) is 12.9. The minimum Gasteiger partial charge on any atom is -0.236 e. The lowest BCUT2D eigenvalue weighted by molar-refractivity contribution is 0.411. The van der Waals surface area contributed by atoms with Crippen LogP contribution in [0.4, 0.5) is 0 Å². The molecule has 0 N–H and O–H groups in total. The Bertz CT molecular complexity index is 1580. The topological polar surface area (TPSA) is 25.8 Å². The number of nitrogens with zero attached hydrogens (tertiary/aromatic N) is 2. The zero-order valence-electron chi connectivity index (χ0n) is 22.6. The second-order valence-corrected chi connectivity index (χ2v) is 12.4. The molecule has 0 atom stereocenters. The van der Waals surface area contributed by atoms with Crippen molar-refractivity contribution in [2.45, 2.75) is 60.3 Å². The average Bonchev–Trinajstić information content (AvgIpc) is 2.81. The second kappa shape index (κ2) is 8.85. The summed E-state index contributed by atoms with van der Waals surface area (Å²) in [6.45, 7) is 15.9. The van der Waals surface area contributed by atoms with E-state index in [9.17, 15) is 0 Å². The normalized spacial score (nSPS) is 12.4. The summed E-state index contributed by atoms with van der Waals surface area (Å²) < 4.78 is 0. The molecular weight excluding hydrogens is 436 g/mol. The van der Waals surface area contributed by atoms with Gasteiger partial charge in [0.15, 0.2) is 0 Å². The van der Waals surface area contributed by atoms with Crippen molar-refractivity contribution in [3.63, 3.8) is 0 Å². The van der Waals surface area contributed by atoms with Crippen LogP contribution in [0.5, 0.6) is 0 Å². The first-order valence-electron chi connectivity index (χ1n) is 12.9. The van der Waals surface area contributed by atoms with Crippen LogP contribution >= 0.6 is 0 Å². The lowest BCUT2D eigenvalue weighted by Gasteiger charge is -2.22. The van der Waals surface area contributed by atoms with E-state index in [1.807, 2.05) is 0 Å². The predicted octanol–water partition coefficient (Wildman–Crippen LogP) is 9.31. The van der Waals surface area contributed by atoms with Crippen LogP contribution in [-0.2, 0) is 11.8 Å². The van der Waals surface area contributed by atoms with Gasteiger partial charge in [0.2, 0.25) is 0 Å². The minimum atomic E-state index is 0.0340. The zero-order valence-corrected chi connectivity index (χ0v) is 22.6. The summed E-state index contributed by atoms with van der Waals surface area (Å²) in [5.41, 5.74) is 8.47. The van der Waals surface area contributed by atoms with Crippen LogP contribution in [0.15, 0.2) is 79.1 Å². The number of aryl methyl sites for hydroxylation is 1. The van der Waals surface area contributed by atoms with Gasteiger partial charge in [0.05, 0.1) is 11.4 Å². The second-order valence-electron chi connectivity index (χ2n) is 12.4. The Morgan fingerprint density at radius 3 is 2.17 bits per heavy atom. The molecule has 1 aromatic heterocycles. The average molecular weight is 473 g/mol. The molecule has 0 bridgehead atoms. The summed E-state index contributed by atoms with van der Waals surface area (Å²) in [5.74, 6) is 0. The molecule has 4 aromatic carbocycles. The fourth-order valence-electron chi connectivity index (χ4n) is 5.20. The van der Waals surface area contributed by atoms with Crippen LogP contribution in [-0.4, -0.2) is 9.97 Å². The van der Waals surface area contributed by atoms with Gasteiger partial charge in [-0.2, -0.15) is 0 Å². The summed E-state index contributed by atoms with van der Waals surface area (Å²) in [4.78, 5) is 9.38. The third-order valence-corrected chi connectivity index (χ3v) is 6.89. The molecule has 182 valence electrons. The van der Waals surface area contributed by atoms with E-state index in [0.717, 1.165) is 28.9 Å². The Labute approximate surface area is 215 Å². The lowest BCUT2D eigenvalue weighted by atomic mass is 9.82. The molecule has 1 heterocycles. The van der Waals surface area contributed by atoms with E-state index in [1.54, 1.807) is 6.33 Å². The van der Waals surface area contributed by atoms with Crippen molar-refractivity contribution in [2.75, 3.05) is 0 Å². The van der Waals surface area contributed by atoms with Crippen LogP contribution < -0.4 is 0 Å². The highest BCUT2D eigenvalue weighted by atomic mass is 14.8. The Morgan fingerprint density at radius 2 is 1.42 bits per heavy atom. The Balaban J connectivity index is 1.59. The van der Waals surface area contributed by atoms with Crippen molar-refractivity contribution in [1.29, 1.82) is 0 Å². The molecule has 0 spiro atoms. The van der Waals surface area contributed by atoms with Crippen molar-refractivity contribution in [2.24, 2.45) is 5.41 Å². The maximum Gasteiger partial charge on any atom is 0.116 e. The van der Waals surface area contributed by atoms with Gasteiger partial charge in [-0.3, -0.25) is 0 Å². The van der Waals surface area contributed by atoms with Crippen LogP contribution in [0.3, 0.4) is 0 Å². The number of aromatic nitrogens is 2. The van der Waals surface area contributed by atoms with E-state index in [1.165, 1.54) is 38.2 Å². The Morgan fingerprint density at radius 1 is 0.667 bits per heavy atom. The lowest BCUT2D eigenvalue weighted by Crippen LogP contribution is -2.12. The largest absolute Gasteiger partial charge is 0.236 e. The van der Waals surface area contributed by atoms with Gasteiger partial charge in [0, 0.05) is 11.1 Å². The summed E-state index contributed by atoms with van der Waals surface area (Å²) in [6.07, 6.45) is 2.77. The molecule has 0 aliphatic carbocycles. The van der Waals surface area contributed by atoms with Crippen LogP contribution in [0.25, 0.3) is 44.1 Å². The standard InChI is InChI=1S/C34H36N2/c1-22-14-26-15-23(20-33(2,3)4)12-13-24(26)17-29(22)32-19-31(35-21-36-32)27-16-25-10-8-9-11-28(25)30(18-27)34(5,6)7/h8-19,21H,20H2,1-7H3. The van der Waals surface area contributed by atoms with Gasteiger partial charge in [-0.1, -0.05) is 90.1 Å². The minimum absolute atomic E-state index is 0.0340. The molecule has 36 heavy (non-hydrogen) atoms. The van der Waals surface area contributed by atoms with Gasteiger partial charge in [-0.15, -0.1) is 0 Å². The number of hydrogen-bond acceptors (Lipinski definition) is 2. The van der Waals surface area contributed by atoms with Crippen molar-refractivity contribution in [3.8, 4) is 22.5 Å². The summed E-state index contributed by atoms with van der Waals surface area (Å²) in [6, 6.07) is 26.8. The van der Waals surface area contributed by atoms with Gasteiger partial charge >= 0.3 is 0 Å². The molecule has 5 aromatic rings. The highest BCUT2D eigenvalue weighted by Gasteiger charge is 2.19. The fourth-order valence-corrected chi connectivity index (χ4v) is 5.20. The Kier molecular flexibility index (Phi) is 5.95.